The van der Waals surface area contributed by atoms with Gasteiger partial charge < -0.3 is 19.3 Å². The van der Waals surface area contributed by atoms with Gasteiger partial charge in [-0.25, -0.2) is 9.59 Å². The monoisotopic (exact) mass is 596 g/mol. The van der Waals surface area contributed by atoms with Crippen molar-refractivity contribution in [1.82, 2.24) is 27.3 Å². The summed E-state index contributed by atoms with van der Waals surface area (Å²) in [7, 11) is 0. The number of piperidine rings is 2. The van der Waals surface area contributed by atoms with Crippen molar-refractivity contribution in [2.75, 3.05) is 64.0 Å². The number of carbonyl (C=O) groups excluding carboxylic acids is 2. The maximum atomic E-state index is 12.1. The van der Waals surface area contributed by atoms with Crippen LogP contribution in [0.4, 0.5) is 0 Å². The van der Waals surface area contributed by atoms with Gasteiger partial charge in [-0.3, -0.25) is 0 Å². The van der Waals surface area contributed by atoms with Gasteiger partial charge in [0, 0.05) is 49.5 Å². The van der Waals surface area contributed by atoms with Crippen LogP contribution in [-0.4, -0.2) is 103 Å². The van der Waals surface area contributed by atoms with Crippen molar-refractivity contribution >= 4 is 58.9 Å². The second-order valence-corrected chi connectivity index (χ2v) is 13.6. The fourth-order valence-corrected chi connectivity index (χ4v) is 9.52. The quantitative estimate of drug-likeness (QED) is 0.174. The van der Waals surface area contributed by atoms with E-state index in [4.69, 9.17) is 9.47 Å². The lowest BCUT2D eigenvalue weighted by Crippen LogP contribution is -2.25. The Bertz CT molecular complexity index is 1040. The zero-order valence-corrected chi connectivity index (χ0v) is 24.4. The highest BCUT2D eigenvalue weighted by Crippen LogP contribution is 2.42. The zero-order valence-electron chi connectivity index (χ0n) is 21.2. The third kappa shape index (κ3) is 6.04. The molecule has 0 amide bonds. The summed E-state index contributed by atoms with van der Waals surface area (Å²) in [6.45, 7) is 7.04. The molecule has 0 saturated carbocycles. The van der Waals surface area contributed by atoms with Gasteiger partial charge >= 0.3 is 11.9 Å². The number of thioether (sulfide) groups is 2. The molecule has 0 N–H and O–H groups in total. The highest BCUT2D eigenvalue weighted by molar-refractivity contribution is 7.99. The maximum absolute atomic E-state index is 12.1. The number of esters is 2. The van der Waals surface area contributed by atoms with Crippen LogP contribution in [0.1, 0.15) is 48.9 Å². The number of ether oxygens (including phenoxy) is 2. The van der Waals surface area contributed by atoms with Crippen molar-refractivity contribution in [3.05, 3.63) is 11.4 Å². The minimum Gasteiger partial charge on any atom is -0.456 e. The summed E-state index contributed by atoms with van der Waals surface area (Å²) in [4.78, 5) is 29.2. The van der Waals surface area contributed by atoms with E-state index >= 15 is 0 Å². The molecule has 206 valence electrons. The first-order valence-corrected chi connectivity index (χ1v) is 16.8. The molecule has 0 aromatic carbocycles. The summed E-state index contributed by atoms with van der Waals surface area (Å²) in [6, 6.07) is 0. The highest BCUT2D eigenvalue weighted by atomic mass is 32.2. The Kier molecular flexibility index (Phi) is 8.82. The van der Waals surface area contributed by atoms with E-state index in [1.807, 2.05) is 0 Å². The first-order chi connectivity index (χ1) is 18.7. The molecule has 4 bridgehead atoms. The van der Waals surface area contributed by atoms with Crippen molar-refractivity contribution in [2.45, 2.75) is 47.6 Å². The molecule has 4 aliphatic rings. The average molecular weight is 597 g/mol. The van der Waals surface area contributed by atoms with Gasteiger partial charge in [-0.1, -0.05) is 23.5 Å². The minimum atomic E-state index is -0.951. The van der Waals surface area contributed by atoms with E-state index in [1.165, 1.54) is 85.8 Å². The lowest BCUT2D eigenvalue weighted by molar-refractivity contribution is -0.166. The lowest BCUT2D eigenvalue weighted by atomic mass is 9.89. The topological polar surface area (TPSA) is 111 Å². The smallest absolute Gasteiger partial charge is 0.417 e. The highest BCUT2D eigenvalue weighted by Gasteiger charge is 2.40. The molecule has 6 atom stereocenters. The van der Waals surface area contributed by atoms with Crippen LogP contribution in [0.3, 0.4) is 0 Å². The first kappa shape index (κ1) is 26.9. The molecule has 0 aliphatic carbocycles. The van der Waals surface area contributed by atoms with Crippen LogP contribution in [0, 0.1) is 11.8 Å². The summed E-state index contributed by atoms with van der Waals surface area (Å²) >= 11 is 5.56. The molecule has 38 heavy (non-hydrogen) atoms. The number of rotatable bonds is 10. The second-order valence-electron chi connectivity index (χ2n) is 10.4. The van der Waals surface area contributed by atoms with E-state index in [9.17, 15) is 9.59 Å². The standard InChI is InChI=1S/C24H32N6O4S4/c31-23(33-7-9-35-21-19(25-37-27-21)17-13-29-5-1-3-15(17)11-29)24(32)34-8-10-36-22-20(26-38-28-22)18-14-30-6-2-4-16(18)12-30/h15-18H,1-14H2. The third-order valence-electron chi connectivity index (χ3n) is 8.08. The molecule has 4 saturated heterocycles. The van der Waals surface area contributed by atoms with Crippen LogP contribution < -0.4 is 0 Å². The number of fused-ring (bicyclic) bond motifs is 4. The van der Waals surface area contributed by atoms with Crippen molar-refractivity contribution in [1.29, 1.82) is 0 Å². The predicted molar refractivity (Wildman–Crippen MR) is 147 cm³/mol. The van der Waals surface area contributed by atoms with Crippen molar-refractivity contribution < 1.29 is 19.1 Å². The minimum absolute atomic E-state index is 0.123. The summed E-state index contributed by atoms with van der Waals surface area (Å²) in [5.41, 5.74) is 2.18. The second kappa shape index (κ2) is 12.5. The van der Waals surface area contributed by atoms with E-state index in [1.54, 1.807) is 0 Å². The first-order valence-electron chi connectivity index (χ1n) is 13.3. The van der Waals surface area contributed by atoms with E-state index in [0.717, 1.165) is 47.6 Å². The molecule has 10 nitrogen and oxygen atoms in total. The molecule has 2 aromatic heterocycles. The Balaban J connectivity index is 0.888. The van der Waals surface area contributed by atoms with Crippen LogP contribution in [0.2, 0.25) is 0 Å². The molecular weight excluding hydrogens is 565 g/mol. The molecule has 0 spiro atoms. The van der Waals surface area contributed by atoms with Crippen LogP contribution in [0.15, 0.2) is 10.1 Å². The molecule has 4 fully saturated rings. The molecule has 4 aliphatic heterocycles. The third-order valence-corrected chi connectivity index (χ3v) is 11.3. The Hall–Kier alpha value is -1.32. The Morgan fingerprint density at radius 3 is 1.66 bits per heavy atom. The van der Waals surface area contributed by atoms with Gasteiger partial charge in [0.25, 0.3) is 0 Å². The van der Waals surface area contributed by atoms with Gasteiger partial charge in [0.1, 0.15) is 23.3 Å². The van der Waals surface area contributed by atoms with Gasteiger partial charge in [0.15, 0.2) is 0 Å². The maximum Gasteiger partial charge on any atom is 0.417 e. The largest absolute Gasteiger partial charge is 0.456 e. The fourth-order valence-electron chi connectivity index (χ4n) is 6.34. The molecular formula is C24H32N6O4S4. The number of carbonyl (C=O) groups is 2. The molecule has 0 radical (unpaired) electrons. The SMILES string of the molecule is O=C(OCCSc1nsnc1C1CN2CCCC1C2)C(=O)OCCSc1nsnc1C1CN2CCCC1C2. The molecule has 6 unspecified atom stereocenters. The van der Waals surface area contributed by atoms with Crippen molar-refractivity contribution in [2.24, 2.45) is 11.8 Å². The molecule has 14 heteroatoms. The van der Waals surface area contributed by atoms with E-state index in [2.05, 4.69) is 27.3 Å². The van der Waals surface area contributed by atoms with Crippen LogP contribution in [0.5, 0.6) is 0 Å². The number of hydrogen-bond donors (Lipinski definition) is 0. The van der Waals surface area contributed by atoms with Crippen LogP contribution in [0.25, 0.3) is 0 Å². The summed E-state index contributed by atoms with van der Waals surface area (Å²) in [5.74, 6) is 1.36. The molecule has 6 heterocycles. The normalized spacial score (nSPS) is 29.9. The van der Waals surface area contributed by atoms with Gasteiger partial charge in [-0.2, -0.15) is 17.5 Å². The predicted octanol–water partition coefficient (Wildman–Crippen LogP) is 2.98. The number of nitrogens with zero attached hydrogens (tertiary/aromatic N) is 6. The van der Waals surface area contributed by atoms with E-state index in [-0.39, 0.29) is 13.2 Å². The Labute approximate surface area is 239 Å². The van der Waals surface area contributed by atoms with Crippen LogP contribution >= 0.6 is 47.0 Å². The van der Waals surface area contributed by atoms with E-state index < -0.39 is 11.9 Å². The van der Waals surface area contributed by atoms with Gasteiger partial charge in [-0.05, 0) is 50.6 Å². The summed E-state index contributed by atoms with van der Waals surface area (Å²) < 4.78 is 28.4. The average Bonchev–Trinajstić information content (AvgIpc) is 3.70. The number of aromatic nitrogens is 4. The Morgan fingerprint density at radius 2 is 1.21 bits per heavy atom. The van der Waals surface area contributed by atoms with Gasteiger partial charge in [-0.15, -0.1) is 0 Å². The molecule has 2 aromatic rings. The molecule has 6 rings (SSSR count). The lowest BCUT2D eigenvalue weighted by Gasteiger charge is -2.21. The van der Waals surface area contributed by atoms with Gasteiger partial charge in [0.05, 0.1) is 34.8 Å². The Morgan fingerprint density at radius 1 is 0.737 bits per heavy atom. The summed E-state index contributed by atoms with van der Waals surface area (Å²) in [5, 5.41) is 1.86. The fraction of sp³-hybridized carbons (Fsp3) is 0.750. The zero-order chi connectivity index (χ0) is 25.9. The number of hydrogen-bond acceptors (Lipinski definition) is 14. The van der Waals surface area contributed by atoms with Crippen molar-refractivity contribution in [3.63, 3.8) is 0 Å². The van der Waals surface area contributed by atoms with Crippen LogP contribution in [-0.2, 0) is 19.1 Å². The van der Waals surface area contributed by atoms with E-state index in [0.29, 0.717) is 35.2 Å². The van der Waals surface area contributed by atoms with Gasteiger partial charge in [0.2, 0.25) is 0 Å². The van der Waals surface area contributed by atoms with Crippen molar-refractivity contribution in [3.8, 4) is 0 Å². The summed E-state index contributed by atoms with van der Waals surface area (Å²) in [6.07, 6.45) is 5.02.